The predicted molar refractivity (Wildman–Crippen MR) is 86.7 cm³/mol. The Balaban J connectivity index is 1.63. The third-order valence-corrected chi connectivity index (χ3v) is 5.04. The van der Waals surface area contributed by atoms with Crippen LogP contribution in [0.1, 0.15) is 20.9 Å². The number of amides is 1. The summed E-state index contributed by atoms with van der Waals surface area (Å²) in [5.74, 6) is -0.141. The number of carbonyl (C=O) groups excluding carboxylic acids is 1. The summed E-state index contributed by atoms with van der Waals surface area (Å²) < 4.78 is 14.2. The van der Waals surface area contributed by atoms with Crippen LogP contribution in [0.4, 0.5) is 10.3 Å². The van der Waals surface area contributed by atoms with E-state index in [1.165, 1.54) is 23.5 Å². The minimum atomic E-state index is -0.298. The molecule has 0 saturated carbocycles. The van der Waals surface area contributed by atoms with Crippen molar-refractivity contribution in [2.24, 2.45) is 0 Å². The molecule has 4 rings (SSSR count). The number of hydrogen-bond donors (Lipinski definition) is 1. The SMILES string of the molecule is Nc1ncc2c(n1)CN(C(=O)c1cc3cc(F)ccc3s1)CC2. The lowest BCUT2D eigenvalue weighted by molar-refractivity contribution is 0.0736. The second-order valence-electron chi connectivity index (χ2n) is 5.47. The van der Waals surface area contributed by atoms with Gasteiger partial charge in [-0.3, -0.25) is 4.79 Å². The molecule has 1 aromatic carbocycles. The molecule has 0 bridgehead atoms. The third-order valence-electron chi connectivity index (χ3n) is 3.94. The van der Waals surface area contributed by atoms with Crippen molar-refractivity contribution in [3.63, 3.8) is 0 Å². The monoisotopic (exact) mass is 328 g/mol. The number of thiophene rings is 1. The number of hydrogen-bond acceptors (Lipinski definition) is 5. The van der Waals surface area contributed by atoms with Crippen molar-refractivity contribution in [3.8, 4) is 0 Å². The maximum absolute atomic E-state index is 13.3. The largest absolute Gasteiger partial charge is 0.368 e. The highest BCUT2D eigenvalue weighted by atomic mass is 32.1. The molecule has 3 heterocycles. The molecule has 0 saturated heterocycles. The van der Waals surface area contributed by atoms with Gasteiger partial charge in [0.15, 0.2) is 0 Å². The summed E-state index contributed by atoms with van der Waals surface area (Å²) in [5.41, 5.74) is 7.45. The molecular formula is C16H13FN4OS. The summed E-state index contributed by atoms with van der Waals surface area (Å²) in [7, 11) is 0. The van der Waals surface area contributed by atoms with Gasteiger partial charge in [-0.1, -0.05) is 0 Å². The number of nitrogens with zero attached hydrogens (tertiary/aromatic N) is 3. The molecule has 0 unspecified atom stereocenters. The van der Waals surface area contributed by atoms with Crippen LogP contribution in [0.5, 0.6) is 0 Å². The van der Waals surface area contributed by atoms with Crippen LogP contribution < -0.4 is 5.73 Å². The number of nitrogen functional groups attached to an aromatic ring is 1. The number of fused-ring (bicyclic) bond motifs is 2. The zero-order valence-corrected chi connectivity index (χ0v) is 12.9. The van der Waals surface area contributed by atoms with Crippen LogP contribution in [0.3, 0.4) is 0 Å². The Labute approximate surface area is 135 Å². The Bertz CT molecular complexity index is 924. The summed E-state index contributed by atoms with van der Waals surface area (Å²) >= 11 is 1.38. The third kappa shape index (κ3) is 2.53. The lowest BCUT2D eigenvalue weighted by atomic mass is 10.1. The van der Waals surface area contributed by atoms with Gasteiger partial charge in [-0.25, -0.2) is 14.4 Å². The van der Waals surface area contributed by atoms with Crippen LogP contribution in [0, 0.1) is 5.82 Å². The van der Waals surface area contributed by atoms with Crippen molar-refractivity contribution >= 4 is 33.3 Å². The minimum Gasteiger partial charge on any atom is -0.368 e. The van der Waals surface area contributed by atoms with Gasteiger partial charge in [0.1, 0.15) is 5.82 Å². The van der Waals surface area contributed by atoms with Crippen LogP contribution in [-0.4, -0.2) is 27.3 Å². The fraction of sp³-hybridized carbons (Fsp3) is 0.188. The van der Waals surface area contributed by atoms with Crippen molar-refractivity contribution < 1.29 is 9.18 Å². The highest BCUT2D eigenvalue weighted by Gasteiger charge is 2.24. The average molecular weight is 328 g/mol. The maximum Gasteiger partial charge on any atom is 0.264 e. The second kappa shape index (κ2) is 5.27. The van der Waals surface area contributed by atoms with E-state index < -0.39 is 0 Å². The van der Waals surface area contributed by atoms with E-state index in [0.717, 1.165) is 21.3 Å². The van der Waals surface area contributed by atoms with E-state index in [0.29, 0.717) is 24.4 Å². The van der Waals surface area contributed by atoms with Gasteiger partial charge in [0.05, 0.1) is 17.1 Å². The molecule has 2 N–H and O–H groups in total. The molecule has 7 heteroatoms. The van der Waals surface area contributed by atoms with Gasteiger partial charge >= 0.3 is 0 Å². The molecule has 1 aliphatic heterocycles. The molecule has 0 aliphatic carbocycles. The first-order chi connectivity index (χ1) is 11.1. The first-order valence-corrected chi connectivity index (χ1v) is 8.00. The van der Waals surface area contributed by atoms with Crippen LogP contribution in [-0.2, 0) is 13.0 Å². The summed E-state index contributed by atoms with van der Waals surface area (Å²) in [6.07, 6.45) is 2.43. The summed E-state index contributed by atoms with van der Waals surface area (Å²) in [6, 6.07) is 6.30. The average Bonchev–Trinajstić information content (AvgIpc) is 2.96. The maximum atomic E-state index is 13.3. The number of halogens is 1. The molecule has 1 amide bonds. The van der Waals surface area contributed by atoms with E-state index in [-0.39, 0.29) is 17.7 Å². The fourth-order valence-electron chi connectivity index (χ4n) is 2.77. The van der Waals surface area contributed by atoms with E-state index in [2.05, 4.69) is 9.97 Å². The van der Waals surface area contributed by atoms with Crippen molar-refractivity contribution in [2.75, 3.05) is 12.3 Å². The number of nitrogens with two attached hydrogens (primary N) is 1. The zero-order valence-electron chi connectivity index (χ0n) is 12.1. The lowest BCUT2D eigenvalue weighted by Crippen LogP contribution is -2.36. The number of rotatable bonds is 1. The zero-order chi connectivity index (χ0) is 16.0. The van der Waals surface area contributed by atoms with E-state index >= 15 is 0 Å². The van der Waals surface area contributed by atoms with Crippen molar-refractivity contribution in [2.45, 2.75) is 13.0 Å². The number of carbonyl (C=O) groups is 1. The van der Waals surface area contributed by atoms with Gasteiger partial charge in [-0.2, -0.15) is 0 Å². The van der Waals surface area contributed by atoms with Gasteiger partial charge < -0.3 is 10.6 Å². The van der Waals surface area contributed by atoms with E-state index in [4.69, 9.17) is 5.73 Å². The Kier molecular flexibility index (Phi) is 3.23. The molecule has 116 valence electrons. The number of anilines is 1. The normalized spacial score (nSPS) is 14.0. The molecule has 0 fully saturated rings. The van der Waals surface area contributed by atoms with Crippen molar-refractivity contribution in [1.29, 1.82) is 0 Å². The van der Waals surface area contributed by atoms with Gasteiger partial charge in [0.2, 0.25) is 5.95 Å². The summed E-state index contributed by atoms with van der Waals surface area (Å²) in [6.45, 7) is 1.03. The van der Waals surface area contributed by atoms with E-state index in [1.807, 2.05) is 0 Å². The quantitative estimate of drug-likeness (QED) is 0.745. The van der Waals surface area contributed by atoms with Crippen molar-refractivity contribution in [1.82, 2.24) is 14.9 Å². The molecule has 23 heavy (non-hydrogen) atoms. The van der Waals surface area contributed by atoms with Crippen LogP contribution in [0.25, 0.3) is 10.1 Å². The van der Waals surface area contributed by atoms with Gasteiger partial charge in [-0.05, 0) is 41.6 Å². The smallest absolute Gasteiger partial charge is 0.264 e. The molecule has 0 atom stereocenters. The molecule has 1 aliphatic rings. The Morgan fingerprint density at radius 2 is 2.22 bits per heavy atom. The number of benzene rings is 1. The minimum absolute atomic E-state index is 0.0607. The molecule has 5 nitrogen and oxygen atoms in total. The summed E-state index contributed by atoms with van der Waals surface area (Å²) in [4.78, 5) is 23.3. The molecule has 3 aromatic rings. The van der Waals surface area contributed by atoms with E-state index in [1.54, 1.807) is 23.2 Å². The molecule has 2 aromatic heterocycles. The Morgan fingerprint density at radius 3 is 3.09 bits per heavy atom. The number of aromatic nitrogens is 2. The van der Waals surface area contributed by atoms with E-state index in [9.17, 15) is 9.18 Å². The summed E-state index contributed by atoms with van der Waals surface area (Å²) in [5, 5.41) is 0.752. The van der Waals surface area contributed by atoms with Gasteiger partial charge in [0, 0.05) is 17.4 Å². The van der Waals surface area contributed by atoms with Crippen LogP contribution in [0.15, 0.2) is 30.5 Å². The Hall–Kier alpha value is -2.54. The highest BCUT2D eigenvalue weighted by molar-refractivity contribution is 7.20. The Morgan fingerprint density at radius 1 is 1.35 bits per heavy atom. The highest BCUT2D eigenvalue weighted by Crippen LogP contribution is 2.28. The predicted octanol–water partition coefficient (Wildman–Crippen LogP) is 2.61. The first kappa shape index (κ1) is 14.1. The molecular weight excluding hydrogens is 315 g/mol. The van der Waals surface area contributed by atoms with Crippen LogP contribution >= 0.6 is 11.3 Å². The standard InChI is InChI=1S/C16H13FN4OS/c17-11-1-2-13-10(5-11)6-14(23-13)15(22)21-4-3-9-7-19-16(18)20-12(9)8-21/h1-2,5-7H,3-4,8H2,(H2,18,19,20). The molecule has 0 spiro atoms. The van der Waals surface area contributed by atoms with Gasteiger partial charge in [0.25, 0.3) is 5.91 Å². The first-order valence-electron chi connectivity index (χ1n) is 7.19. The fourth-order valence-corrected chi connectivity index (χ4v) is 3.78. The van der Waals surface area contributed by atoms with Crippen molar-refractivity contribution in [3.05, 3.63) is 52.4 Å². The second-order valence-corrected chi connectivity index (χ2v) is 6.55. The topological polar surface area (TPSA) is 72.1 Å². The lowest BCUT2D eigenvalue weighted by Gasteiger charge is -2.27. The van der Waals surface area contributed by atoms with Gasteiger partial charge in [-0.15, -0.1) is 11.3 Å². The molecule has 0 radical (unpaired) electrons. The van der Waals surface area contributed by atoms with Crippen LogP contribution in [0.2, 0.25) is 0 Å².